The van der Waals surface area contributed by atoms with Gasteiger partial charge in [0.15, 0.2) is 57.5 Å². The molecule has 16 bridgehead atoms. The Balaban J connectivity index is 0.00000626. The molecular formula is C82H112Na7O48PS7. The number of carbonyl (C=O) groups is 7. The van der Waals surface area contributed by atoms with Crippen LogP contribution in [0.15, 0.2) is 60.7 Å². The van der Waals surface area contributed by atoms with Crippen molar-refractivity contribution in [1.82, 2.24) is 0 Å². The van der Waals surface area contributed by atoms with E-state index >= 15 is 4.57 Å². The molecule has 0 spiro atoms. The first-order valence-corrected chi connectivity index (χ1v) is 53.8. The van der Waals surface area contributed by atoms with Gasteiger partial charge in [-0.3, -0.25) is 0 Å². The summed E-state index contributed by atoms with van der Waals surface area (Å²) in [6.45, 7) is -0.839. The van der Waals surface area contributed by atoms with Gasteiger partial charge in [-0.25, -0.2) is 0 Å². The maximum Gasteiger partial charge on any atom is 1.00 e. The number of aliphatic hydroxyl groups is 16. The van der Waals surface area contributed by atoms with Gasteiger partial charge in [0.25, 0.3) is 0 Å². The van der Waals surface area contributed by atoms with E-state index in [0.717, 1.165) is 82.3 Å². The zero-order chi connectivity index (χ0) is 100. The summed E-state index contributed by atoms with van der Waals surface area (Å²) in [6.07, 6.45) is -89.7. The molecule has 30 heterocycles. The molecular weight excluding hydrogens is 2170 g/mol. The van der Waals surface area contributed by atoms with Crippen molar-refractivity contribution in [2.75, 3.05) is 93.5 Å². The third-order valence-electron chi connectivity index (χ3n) is 23.5. The molecule has 0 aliphatic carbocycles. The van der Waals surface area contributed by atoms with Crippen LogP contribution >= 0.6 is 89.5 Å². The predicted molar refractivity (Wildman–Crippen MR) is 464 cm³/mol. The molecule has 2 aromatic carbocycles. The number of hydrogen-bond acceptors (Lipinski definition) is 55. The van der Waals surface area contributed by atoms with Crippen LogP contribution in [0, 0.1) is 0 Å². The fraction of sp³-hybridized carbons (Fsp3) is 0.768. The number of aliphatic carboxylic acids is 7. The van der Waals surface area contributed by atoms with E-state index in [1.54, 1.807) is 60.7 Å². The molecule has 30 aliphatic rings. The Kier molecular flexibility index (Phi) is 66.9. The smallest absolute Gasteiger partial charge is 0.550 e. The first kappa shape index (κ1) is 140. The summed E-state index contributed by atoms with van der Waals surface area (Å²) in [6, 6.07) is 16.0. The van der Waals surface area contributed by atoms with E-state index in [0.29, 0.717) is 0 Å². The molecule has 63 heteroatoms. The topological polar surface area (TPSA) is 779 Å². The third-order valence-corrected chi connectivity index (χ3v) is 33.7. The SMILES string of the molecule is O=C([O-])CCSC[C@H]1O[C@@H]2O[C@H]3[C@H](O)[C@@H](O)[C@@H](O[C@H]4[C@H](O)[C@@H](O)[C@@H](O[C@H]5[C@H](O)[C@@H](O)[C@@H](O[C@H]6[C@H](O)[C@@H](O)[C@@H](O[C@H]7[C@H](O)[C@@H](O)[C@@H](O[C@H]8[C@H](O)[C@@H](O)[C@@H](O[C@H]9[C@H](O)[C@@H](O)[C@@H](O[C@H]1[C@H](O)[C@H]2O)O[C@@H]9COCP(=O)(c1ccccc1)c1ccccc1)O[C@@H]8CSCCC(=O)[O-])O[C@@H]7CSCCC(=O)[O-])O[C@@H]6CSCCC(=O)[O-])O[C@@H]5CSCCC(=O)[O-])O[C@@H]4CSCCC(=O)[O-])O[C@@H]3CSCCC(=O)[O-].[Na+].[Na+].[Na+].[Na+].[Na+].[Na+].[Na+]. The average Bonchev–Trinajstić information content (AvgIpc) is 0.765. The monoisotopic (exact) mass is 2280 g/mol. The van der Waals surface area contributed by atoms with Gasteiger partial charge in [0, 0.05) is 92.7 Å². The Hall–Kier alpha value is 3.09. The van der Waals surface area contributed by atoms with Crippen LogP contribution in [0.5, 0.6) is 0 Å². The Morgan fingerprint density at radius 3 is 0.531 bits per heavy atom. The summed E-state index contributed by atoms with van der Waals surface area (Å²) in [7, 11) is -3.87. The summed E-state index contributed by atoms with van der Waals surface area (Å²) >= 11 is 5.76. The minimum atomic E-state index is -3.87. The molecule has 30 aliphatic heterocycles. The van der Waals surface area contributed by atoms with E-state index in [9.17, 15) is 151 Å². The molecule has 48 nitrogen and oxygen atoms in total. The predicted octanol–water partition coefficient (Wildman–Crippen LogP) is -36.2. The number of thioether (sulfide) groups is 7. The van der Waals surface area contributed by atoms with Crippen molar-refractivity contribution in [3.63, 3.8) is 0 Å². The molecule has 0 unspecified atom stereocenters. The quantitative estimate of drug-likeness (QED) is 0.0167. The van der Waals surface area contributed by atoms with Crippen molar-refractivity contribution < 1.29 is 443 Å². The van der Waals surface area contributed by atoms with Crippen LogP contribution in [0.1, 0.15) is 44.9 Å². The number of aliphatic hydroxyl groups excluding tert-OH is 16. The van der Waals surface area contributed by atoms with Gasteiger partial charge >= 0.3 is 207 Å². The first-order chi connectivity index (χ1) is 65.7. The van der Waals surface area contributed by atoms with Gasteiger partial charge in [0.2, 0.25) is 0 Å². The molecule has 16 N–H and O–H groups in total. The molecule has 40 atom stereocenters. The Morgan fingerprint density at radius 2 is 0.379 bits per heavy atom. The van der Waals surface area contributed by atoms with Crippen molar-refractivity contribution in [2.24, 2.45) is 0 Å². The van der Waals surface area contributed by atoms with E-state index in [-0.39, 0.29) is 258 Å². The van der Waals surface area contributed by atoms with E-state index in [1.807, 2.05) is 0 Å². The van der Waals surface area contributed by atoms with Crippen LogP contribution in [0.3, 0.4) is 0 Å². The zero-order valence-corrected chi connectivity index (χ0v) is 101. The van der Waals surface area contributed by atoms with Crippen LogP contribution in [-0.4, -0.2) is 463 Å². The van der Waals surface area contributed by atoms with Crippen LogP contribution in [-0.2, 0) is 119 Å². The fourth-order valence-electron chi connectivity index (χ4n) is 16.2. The number of carboxylic acids is 7. The Labute approximate surface area is 1020 Å². The molecule has 782 valence electrons. The van der Waals surface area contributed by atoms with Gasteiger partial charge in [0.1, 0.15) is 159 Å². The van der Waals surface area contributed by atoms with E-state index in [4.69, 9.17) is 80.5 Å². The van der Waals surface area contributed by atoms with Crippen LogP contribution in [0.4, 0.5) is 0 Å². The van der Waals surface area contributed by atoms with Gasteiger partial charge in [-0.2, -0.15) is 82.3 Å². The van der Waals surface area contributed by atoms with E-state index in [1.165, 1.54) is 0 Å². The summed E-state index contributed by atoms with van der Waals surface area (Å²) in [4.78, 5) is 82.3. The fourth-order valence-corrected chi connectivity index (χ4v) is 25.3. The standard InChI is InChI=1S/C82H119O48PS7.7Na/c83-44(84)11-18-132-26-37-68-53(99)61(107)77(117-37)126-70-39(28-134-20-13-46(87)88)119-79(63(109)55(70)101)128-72-41(30-136-22-15-48(91)92)121-81(65(111)57(72)103)130-74-43(32-138-24-17-50(95)96)122-82(66(112)58(74)104)129-73-42(31-137-23-16-49(93)94)120-80(64(110)56(73)102)127-71-40(29-135-21-14-47(89)90)118-78(62(108)54(71)100)125-69-38(27-133-19-12-45(85)86)116-76(60(106)52(69)98)123-67-36(115-75(124-68)59(105)51(67)97)25-114-33-131(113,34-7-3-1-4-8-34)35-9-5-2-6-10-35;;;;;;;/h1-10,36-43,51-82,97-112H,11-33H2,(H,83,84)(H,85,86)(H,87,88)(H,89,90)(H,91,92)(H,93,94)(H,95,96);;;;;;;/q;7*+1/p-7/t36-,37-,38-,39-,40-,41-,42-,43-,51-,52-,53-,54-,55-,56-,57-,58-,59-,60-,61-,62-,63-,64-,65-,66-,67-,68-,69-,70-,71-,72-,73-,74-,75-,76-,77-,78-,79-,80-,81-,82-;;;;;;;/m1......./s1. The van der Waals surface area contributed by atoms with Gasteiger partial charge in [-0.05, 0) is 85.2 Å². The average molecular weight is 2280 g/mol. The van der Waals surface area contributed by atoms with Crippen LogP contribution in [0.2, 0.25) is 0 Å². The number of benzene rings is 2. The molecule has 30 fully saturated rings. The number of carboxylic acid groups (broad SMARTS) is 7. The van der Waals surface area contributed by atoms with Crippen molar-refractivity contribution in [1.29, 1.82) is 0 Å². The summed E-state index contributed by atoms with van der Waals surface area (Å²) < 4.78 is 123. The zero-order valence-electron chi connectivity index (χ0n) is 80.2. The molecule has 0 aromatic heterocycles. The van der Waals surface area contributed by atoms with Crippen molar-refractivity contribution >= 4 is 142 Å². The summed E-state index contributed by atoms with van der Waals surface area (Å²) in [5, 5.41) is 280. The molecule has 145 heavy (non-hydrogen) atoms. The van der Waals surface area contributed by atoms with Gasteiger partial charge in [-0.15, -0.1) is 0 Å². The molecule has 0 radical (unpaired) electrons. The number of ether oxygens (including phenoxy) is 17. The van der Waals surface area contributed by atoms with Gasteiger partial charge < -0.3 is 236 Å². The minimum absolute atomic E-state index is 0. The maximum atomic E-state index is 15.5. The largest absolute Gasteiger partial charge is 1.00 e. The van der Waals surface area contributed by atoms with Crippen molar-refractivity contribution in [3.05, 3.63) is 60.7 Å². The van der Waals surface area contributed by atoms with Crippen LogP contribution < -0.4 is 253 Å². The molecule has 0 amide bonds. The van der Waals surface area contributed by atoms with E-state index in [2.05, 4.69) is 0 Å². The minimum Gasteiger partial charge on any atom is -0.550 e. The van der Waals surface area contributed by atoms with Crippen LogP contribution in [0.25, 0.3) is 0 Å². The molecule has 0 saturated carbocycles. The number of rotatable bonds is 41. The normalized spacial score (nSPS) is 37.5. The second kappa shape index (κ2) is 69.1. The second-order valence-corrected chi connectivity index (χ2v) is 44.1. The second-order valence-electron chi connectivity index (χ2n) is 33.3. The van der Waals surface area contributed by atoms with E-state index < -0.39 is 393 Å². The van der Waals surface area contributed by atoms with Crippen molar-refractivity contribution in [2.45, 2.75) is 291 Å². The van der Waals surface area contributed by atoms with Crippen molar-refractivity contribution in [3.8, 4) is 0 Å². The molecule has 30 saturated heterocycles. The summed E-state index contributed by atoms with van der Waals surface area (Å²) in [5.74, 6) is -15.4. The van der Waals surface area contributed by atoms with Gasteiger partial charge in [-0.1, -0.05) is 60.7 Å². The summed E-state index contributed by atoms with van der Waals surface area (Å²) in [5.41, 5.74) is 0. The molecule has 2 aromatic rings. The Bertz CT molecular complexity index is 4030. The third kappa shape index (κ3) is 39.8. The van der Waals surface area contributed by atoms with Gasteiger partial charge in [0.05, 0.1) is 49.3 Å². The number of carbonyl (C=O) groups excluding carboxylic acids is 7. The maximum absolute atomic E-state index is 15.5. The Morgan fingerprint density at radius 1 is 0.234 bits per heavy atom. The molecule has 32 rings (SSSR count). The number of hydrogen-bond donors (Lipinski definition) is 16. The first-order valence-electron chi connectivity index (χ1n) is 43.8.